The predicted octanol–water partition coefficient (Wildman–Crippen LogP) is 0.424. The van der Waals surface area contributed by atoms with Crippen molar-refractivity contribution in [2.24, 2.45) is 5.73 Å². The van der Waals surface area contributed by atoms with Crippen LogP contribution in [0.4, 0.5) is 5.69 Å². The molecule has 1 aromatic carbocycles. The molecule has 4 heterocycles. The normalized spacial score (nSPS) is 26.3. The Morgan fingerprint density at radius 3 is 2.57 bits per heavy atom. The summed E-state index contributed by atoms with van der Waals surface area (Å²) in [6.07, 6.45) is 2.44. The van der Waals surface area contributed by atoms with E-state index in [1.165, 1.54) is 16.0 Å². The number of hydrogen-bond acceptors (Lipinski definition) is 10. The van der Waals surface area contributed by atoms with E-state index in [1.54, 1.807) is 12.3 Å². The molecule has 4 atom stereocenters. The lowest BCUT2D eigenvalue weighted by molar-refractivity contribution is -0.141. The molecule has 12 nitrogen and oxygen atoms in total. The smallest absolute Gasteiger partial charge is 0.267 e. The van der Waals surface area contributed by atoms with Crippen LogP contribution in [0.25, 0.3) is 0 Å². The SMILES string of the molecule is Cc1cc(CNC2=C3C(=CCC2)C(O)N(C2CCC(=O)NC2O)C3O)ccc1CN1CCN(c2ccc(C(N)=O)nc2)CC1. The molecule has 0 spiro atoms. The number of likely N-dealkylation sites (tertiary alicyclic amines) is 1. The van der Waals surface area contributed by atoms with E-state index in [4.69, 9.17) is 5.73 Å². The van der Waals surface area contributed by atoms with Crippen molar-refractivity contribution in [3.63, 3.8) is 0 Å². The molecule has 3 saturated heterocycles. The number of piperazine rings is 1. The number of fused-ring (bicyclic) bond motifs is 1. The highest BCUT2D eigenvalue weighted by molar-refractivity contribution is 5.90. The lowest BCUT2D eigenvalue weighted by Crippen LogP contribution is -2.58. The second kappa shape index (κ2) is 12.7. The Morgan fingerprint density at radius 1 is 1.09 bits per heavy atom. The first-order valence-electron chi connectivity index (χ1n) is 15.3. The van der Waals surface area contributed by atoms with Crippen LogP contribution in [0.5, 0.6) is 0 Å². The van der Waals surface area contributed by atoms with Crippen molar-refractivity contribution < 1.29 is 24.9 Å². The Morgan fingerprint density at radius 2 is 1.89 bits per heavy atom. The molecule has 1 aliphatic carbocycles. The van der Waals surface area contributed by atoms with Crippen molar-refractivity contribution >= 4 is 17.5 Å². The highest BCUT2D eigenvalue weighted by Crippen LogP contribution is 2.40. The number of aliphatic hydroxyl groups is 3. The van der Waals surface area contributed by atoms with Gasteiger partial charge in [-0.2, -0.15) is 0 Å². The van der Waals surface area contributed by atoms with Gasteiger partial charge < -0.3 is 36.6 Å². The third-order valence-corrected chi connectivity index (χ3v) is 9.26. The molecule has 3 fully saturated rings. The zero-order valence-corrected chi connectivity index (χ0v) is 24.9. The van der Waals surface area contributed by atoms with Gasteiger partial charge in [0.15, 0.2) is 0 Å². The van der Waals surface area contributed by atoms with Gasteiger partial charge >= 0.3 is 0 Å². The van der Waals surface area contributed by atoms with Crippen molar-refractivity contribution in [3.05, 3.63) is 81.8 Å². The number of nitrogens with zero attached hydrogens (tertiary/aromatic N) is 4. The number of rotatable bonds is 8. The average molecular weight is 604 g/mol. The molecule has 0 radical (unpaired) electrons. The zero-order valence-electron chi connectivity index (χ0n) is 24.9. The van der Waals surface area contributed by atoms with Crippen LogP contribution in [-0.4, -0.2) is 92.8 Å². The number of primary amides is 1. The molecule has 2 amide bonds. The molecule has 44 heavy (non-hydrogen) atoms. The van der Waals surface area contributed by atoms with E-state index in [1.807, 2.05) is 12.1 Å². The van der Waals surface area contributed by atoms with Crippen LogP contribution in [0.3, 0.4) is 0 Å². The molecule has 0 bridgehead atoms. The van der Waals surface area contributed by atoms with Crippen LogP contribution < -0.4 is 21.3 Å². The Hall–Kier alpha value is -3.81. The maximum Gasteiger partial charge on any atom is 0.267 e. The number of pyridine rings is 1. The second-order valence-corrected chi connectivity index (χ2v) is 12.0. The Balaban J connectivity index is 1.06. The van der Waals surface area contributed by atoms with E-state index in [2.05, 4.69) is 50.5 Å². The number of carbonyl (C=O) groups excluding carboxylic acids is 2. The Kier molecular flexibility index (Phi) is 8.70. The van der Waals surface area contributed by atoms with Gasteiger partial charge in [0.1, 0.15) is 24.4 Å². The van der Waals surface area contributed by atoms with Gasteiger partial charge in [-0.25, -0.2) is 9.88 Å². The van der Waals surface area contributed by atoms with E-state index in [0.717, 1.165) is 62.5 Å². The van der Waals surface area contributed by atoms with Gasteiger partial charge in [-0.3, -0.25) is 14.5 Å². The van der Waals surface area contributed by atoms with Gasteiger partial charge in [-0.1, -0.05) is 24.3 Å². The number of hydrogen-bond donors (Lipinski definition) is 6. The minimum Gasteiger partial charge on any atom is -0.384 e. The van der Waals surface area contributed by atoms with Gasteiger partial charge in [-0.05, 0) is 55.0 Å². The monoisotopic (exact) mass is 603 g/mol. The van der Waals surface area contributed by atoms with Crippen LogP contribution >= 0.6 is 0 Å². The second-order valence-electron chi connectivity index (χ2n) is 12.0. The summed E-state index contributed by atoms with van der Waals surface area (Å²) in [5, 5.41) is 38.9. The number of amides is 2. The van der Waals surface area contributed by atoms with Crippen LogP contribution in [0, 0.1) is 6.92 Å². The lowest BCUT2D eigenvalue weighted by atomic mass is 9.95. The van der Waals surface area contributed by atoms with Crippen molar-refractivity contribution in [3.8, 4) is 0 Å². The number of anilines is 1. The maximum absolute atomic E-state index is 11.7. The lowest BCUT2D eigenvalue weighted by Gasteiger charge is -2.38. The number of piperidine rings is 1. The molecule has 12 heteroatoms. The summed E-state index contributed by atoms with van der Waals surface area (Å²) in [5.74, 6) is -0.757. The first-order chi connectivity index (χ1) is 21.2. The highest BCUT2D eigenvalue weighted by atomic mass is 16.3. The minimum absolute atomic E-state index is 0.234. The van der Waals surface area contributed by atoms with Crippen LogP contribution in [-0.2, 0) is 17.9 Å². The zero-order chi connectivity index (χ0) is 31.0. The topological polar surface area (TPSA) is 168 Å². The summed E-state index contributed by atoms with van der Waals surface area (Å²) in [6.45, 7) is 7.17. The van der Waals surface area contributed by atoms with Gasteiger partial charge in [0, 0.05) is 62.5 Å². The molecule has 234 valence electrons. The third-order valence-electron chi connectivity index (χ3n) is 9.26. The van der Waals surface area contributed by atoms with E-state index in [-0.39, 0.29) is 18.0 Å². The third kappa shape index (κ3) is 6.08. The number of carbonyl (C=O) groups is 2. The molecule has 7 N–H and O–H groups in total. The quantitative estimate of drug-likeness (QED) is 0.249. The molecule has 6 rings (SSSR count). The highest BCUT2D eigenvalue weighted by Gasteiger charge is 2.48. The molecular weight excluding hydrogens is 562 g/mol. The molecule has 3 aliphatic heterocycles. The summed E-state index contributed by atoms with van der Waals surface area (Å²) in [5.41, 5.74) is 12.4. The number of allylic oxidation sites excluding steroid dienone is 2. The number of aromatic nitrogens is 1. The van der Waals surface area contributed by atoms with Crippen molar-refractivity contribution in [1.82, 2.24) is 25.4 Å². The van der Waals surface area contributed by atoms with Crippen LogP contribution in [0.2, 0.25) is 0 Å². The van der Waals surface area contributed by atoms with Gasteiger partial charge in [0.05, 0.1) is 17.9 Å². The number of aliphatic hydroxyl groups excluding tert-OH is 3. The van der Waals surface area contributed by atoms with Gasteiger partial charge in [0.25, 0.3) is 5.91 Å². The molecule has 2 aromatic rings. The molecule has 4 aliphatic rings. The summed E-state index contributed by atoms with van der Waals surface area (Å²) in [4.78, 5) is 33.4. The number of aryl methyl sites for hydroxylation is 1. The van der Waals surface area contributed by atoms with E-state index in [0.29, 0.717) is 24.1 Å². The summed E-state index contributed by atoms with van der Waals surface area (Å²) in [6, 6.07) is 9.50. The number of benzene rings is 1. The first kappa shape index (κ1) is 30.2. The van der Waals surface area contributed by atoms with Gasteiger partial charge in [0.2, 0.25) is 5.91 Å². The number of nitrogens with two attached hydrogens (primary N) is 1. The van der Waals surface area contributed by atoms with E-state index < -0.39 is 30.6 Å². The van der Waals surface area contributed by atoms with Gasteiger partial charge in [-0.15, -0.1) is 0 Å². The predicted molar refractivity (Wildman–Crippen MR) is 164 cm³/mol. The van der Waals surface area contributed by atoms with Crippen LogP contribution in [0.15, 0.2) is 59.4 Å². The molecule has 0 saturated carbocycles. The standard InChI is InChI=1S/C32H41N7O5/c1-19-15-20(5-6-21(19)18-37-11-13-38(14-12-37)22-7-8-25(29(33)41)35-17-22)16-34-24-4-2-3-23-28(24)32(44)39(31(23)43)26-9-10-27(40)36-30(26)42/h3,5-8,15,17,26,30-32,34,42-44H,2,4,9-14,16,18H2,1H3,(H2,33,41)(H,36,40). The summed E-state index contributed by atoms with van der Waals surface area (Å²) in [7, 11) is 0. The number of nitrogens with one attached hydrogen (secondary N) is 2. The molecule has 4 unspecified atom stereocenters. The van der Waals surface area contributed by atoms with Crippen molar-refractivity contribution in [2.75, 3.05) is 31.1 Å². The van der Waals surface area contributed by atoms with E-state index in [9.17, 15) is 24.9 Å². The largest absolute Gasteiger partial charge is 0.384 e. The molecular formula is C32H41N7O5. The molecule has 1 aromatic heterocycles. The summed E-state index contributed by atoms with van der Waals surface area (Å²) < 4.78 is 0. The summed E-state index contributed by atoms with van der Waals surface area (Å²) >= 11 is 0. The Labute approximate surface area is 256 Å². The first-order valence-corrected chi connectivity index (χ1v) is 15.3. The maximum atomic E-state index is 11.7. The Bertz CT molecular complexity index is 1470. The van der Waals surface area contributed by atoms with E-state index >= 15 is 0 Å². The fourth-order valence-corrected chi connectivity index (χ4v) is 6.79. The van der Waals surface area contributed by atoms with Crippen LogP contribution in [0.1, 0.15) is 52.9 Å². The fourth-order valence-electron chi connectivity index (χ4n) is 6.79. The minimum atomic E-state index is -1.15. The fraction of sp³-hybridized carbons (Fsp3) is 0.469. The average Bonchev–Trinajstić information content (AvgIpc) is 3.27. The van der Waals surface area contributed by atoms with Crippen molar-refractivity contribution in [1.29, 1.82) is 0 Å². The van der Waals surface area contributed by atoms with Crippen molar-refractivity contribution in [2.45, 2.75) is 70.4 Å².